The third kappa shape index (κ3) is 2.65. The van der Waals surface area contributed by atoms with E-state index in [1.807, 2.05) is 18.0 Å². The number of thioether (sulfide) groups is 1. The largest absolute Gasteiger partial charge is 0.336 e. The number of aromatic amines is 1. The number of amides is 1. The molecule has 5 heterocycles. The summed E-state index contributed by atoms with van der Waals surface area (Å²) in [6, 6.07) is 6.43. The van der Waals surface area contributed by atoms with E-state index in [1.54, 1.807) is 11.8 Å². The van der Waals surface area contributed by atoms with Gasteiger partial charge in [-0.3, -0.25) is 14.9 Å². The Labute approximate surface area is 157 Å². The Balaban J connectivity index is 1.42. The molecular weight excluding hydrogens is 346 g/mol. The lowest BCUT2D eigenvalue weighted by molar-refractivity contribution is 0.0160. The summed E-state index contributed by atoms with van der Waals surface area (Å²) in [7, 11) is 1.94. The van der Waals surface area contributed by atoms with E-state index in [0.29, 0.717) is 17.7 Å². The van der Waals surface area contributed by atoms with Gasteiger partial charge in [0, 0.05) is 42.9 Å². The molecule has 3 saturated heterocycles. The minimum atomic E-state index is 0.0235. The van der Waals surface area contributed by atoms with Crippen molar-refractivity contribution in [2.45, 2.75) is 18.9 Å². The molecule has 1 amide bonds. The van der Waals surface area contributed by atoms with Gasteiger partial charge in [-0.1, -0.05) is 6.07 Å². The maximum absolute atomic E-state index is 13.1. The van der Waals surface area contributed by atoms with E-state index in [0.717, 1.165) is 40.4 Å². The number of hydrogen-bond donors (Lipinski definition) is 1. The molecule has 0 saturated carbocycles. The third-order valence-corrected chi connectivity index (χ3v) is 7.06. The normalized spacial score (nSPS) is 27.7. The first-order valence-electron chi connectivity index (χ1n) is 9.36. The van der Waals surface area contributed by atoms with Gasteiger partial charge in [-0.05, 0) is 44.0 Å². The van der Waals surface area contributed by atoms with Crippen LogP contribution >= 0.6 is 11.8 Å². The van der Waals surface area contributed by atoms with Crippen molar-refractivity contribution in [2.24, 2.45) is 10.9 Å². The summed E-state index contributed by atoms with van der Waals surface area (Å²) in [5, 5.41) is 9.40. The van der Waals surface area contributed by atoms with Crippen LogP contribution in [0.25, 0.3) is 10.9 Å². The van der Waals surface area contributed by atoms with Crippen LogP contribution in [-0.4, -0.2) is 76.0 Å². The highest BCUT2D eigenvalue weighted by Gasteiger charge is 2.38. The lowest BCUT2D eigenvalue weighted by Gasteiger charge is -2.47. The predicted octanol–water partition coefficient (Wildman–Crippen LogP) is 2.22. The van der Waals surface area contributed by atoms with Crippen molar-refractivity contribution in [3.05, 3.63) is 29.5 Å². The maximum Gasteiger partial charge on any atom is 0.275 e. The van der Waals surface area contributed by atoms with Gasteiger partial charge in [0.2, 0.25) is 0 Å². The minimum Gasteiger partial charge on any atom is -0.336 e. The number of piperidine rings is 3. The van der Waals surface area contributed by atoms with Crippen LogP contribution in [0.2, 0.25) is 0 Å². The number of nitrogens with one attached hydrogen (secondary N) is 1. The van der Waals surface area contributed by atoms with Crippen molar-refractivity contribution < 1.29 is 4.79 Å². The second-order valence-electron chi connectivity index (χ2n) is 7.49. The van der Waals surface area contributed by atoms with Gasteiger partial charge in [0.05, 0.1) is 10.6 Å². The molecule has 6 rings (SSSR count). The van der Waals surface area contributed by atoms with Crippen LogP contribution in [0.5, 0.6) is 0 Å². The number of fused-ring (bicyclic) bond motifs is 4. The summed E-state index contributed by atoms with van der Waals surface area (Å²) in [5.74, 6) is 1.70. The third-order valence-electron chi connectivity index (χ3n) is 6.04. The summed E-state index contributed by atoms with van der Waals surface area (Å²) in [6.45, 7) is 4.24. The van der Waals surface area contributed by atoms with Crippen LogP contribution in [0.4, 0.5) is 0 Å². The van der Waals surface area contributed by atoms with Gasteiger partial charge in [0.15, 0.2) is 5.69 Å². The van der Waals surface area contributed by atoms with E-state index in [1.165, 1.54) is 25.9 Å². The van der Waals surface area contributed by atoms with Crippen molar-refractivity contribution >= 4 is 33.6 Å². The van der Waals surface area contributed by atoms with Gasteiger partial charge in [-0.2, -0.15) is 5.10 Å². The average Bonchev–Trinajstić information content (AvgIpc) is 3.37. The van der Waals surface area contributed by atoms with E-state index in [-0.39, 0.29) is 5.91 Å². The van der Waals surface area contributed by atoms with Crippen LogP contribution < -0.4 is 0 Å². The summed E-state index contributed by atoms with van der Waals surface area (Å²) < 4.78 is 0. The quantitative estimate of drug-likeness (QED) is 0.901. The topological polar surface area (TPSA) is 64.6 Å². The average molecular weight is 369 g/mol. The summed E-state index contributed by atoms with van der Waals surface area (Å²) in [5.41, 5.74) is 2.54. The van der Waals surface area contributed by atoms with E-state index in [4.69, 9.17) is 0 Å². The molecule has 1 aromatic carbocycles. The number of likely N-dealkylation sites (N-methyl/N-ethyl adjacent to an activating group) is 1. The lowest BCUT2D eigenvalue weighted by Crippen LogP contribution is -2.57. The predicted molar refractivity (Wildman–Crippen MR) is 105 cm³/mol. The van der Waals surface area contributed by atoms with Crippen molar-refractivity contribution in [1.82, 2.24) is 20.0 Å². The molecule has 2 aromatic rings. The molecule has 0 aliphatic carbocycles. The van der Waals surface area contributed by atoms with Gasteiger partial charge in [0.1, 0.15) is 0 Å². The summed E-state index contributed by atoms with van der Waals surface area (Å²) >= 11 is 1.78. The number of aliphatic imine (C=N–C) groups is 1. The Morgan fingerprint density at radius 1 is 1.35 bits per heavy atom. The Kier molecular flexibility index (Phi) is 4.01. The number of rotatable bonds is 3. The zero-order valence-corrected chi connectivity index (χ0v) is 15.8. The molecule has 4 aliphatic rings. The molecule has 1 atom stereocenters. The van der Waals surface area contributed by atoms with Gasteiger partial charge >= 0.3 is 0 Å². The molecule has 0 radical (unpaired) electrons. The van der Waals surface area contributed by atoms with Crippen molar-refractivity contribution in [3.63, 3.8) is 0 Å². The number of nitrogens with zero attached hydrogens (tertiary/aromatic N) is 4. The molecular formula is C19H23N5OS. The molecule has 7 heteroatoms. The van der Waals surface area contributed by atoms with Crippen LogP contribution in [0.3, 0.4) is 0 Å². The Morgan fingerprint density at radius 3 is 2.88 bits per heavy atom. The lowest BCUT2D eigenvalue weighted by atomic mass is 9.83. The van der Waals surface area contributed by atoms with Crippen molar-refractivity contribution in [3.8, 4) is 0 Å². The van der Waals surface area contributed by atoms with Gasteiger partial charge < -0.3 is 9.80 Å². The molecule has 3 fully saturated rings. The second kappa shape index (κ2) is 6.39. The van der Waals surface area contributed by atoms with Crippen LogP contribution in [0, 0.1) is 5.92 Å². The van der Waals surface area contributed by atoms with E-state index in [2.05, 4.69) is 32.2 Å². The van der Waals surface area contributed by atoms with E-state index < -0.39 is 0 Å². The number of aromatic nitrogens is 2. The summed E-state index contributed by atoms with van der Waals surface area (Å²) in [4.78, 5) is 22.1. The Morgan fingerprint density at radius 2 is 2.19 bits per heavy atom. The highest BCUT2D eigenvalue weighted by atomic mass is 32.2. The molecule has 0 spiro atoms. The number of H-pyrrole nitrogens is 1. The van der Waals surface area contributed by atoms with E-state index >= 15 is 0 Å². The van der Waals surface area contributed by atoms with Gasteiger partial charge in [-0.25, -0.2) is 0 Å². The monoisotopic (exact) mass is 369 g/mol. The fraction of sp³-hybridized carbons (Fsp3) is 0.526. The highest BCUT2D eigenvalue weighted by Crippen LogP contribution is 2.31. The fourth-order valence-corrected chi connectivity index (χ4v) is 5.37. The number of carbonyl (C=O) groups excluding carboxylic acids is 1. The first kappa shape index (κ1) is 16.3. The molecule has 0 unspecified atom stereocenters. The van der Waals surface area contributed by atoms with E-state index in [9.17, 15) is 4.79 Å². The number of hydrogen-bond acceptors (Lipinski definition) is 5. The standard InChI is InChI=1S/C19H23N5OS/c1-23(16-11-24-7-4-12(16)5-8-24)19(25)17-14-3-2-13(10-15(14)21-22-17)18-20-6-9-26-18/h2-3,10,12,16H,4-9,11H2,1H3,(H,21,22)/t16-/m1/s1. The smallest absolute Gasteiger partial charge is 0.275 e. The SMILES string of the molecule is CN(C(=O)c1n[nH]c2cc(C3=NCCS3)ccc12)[C@@H]1CN2CCC1CC2. The maximum atomic E-state index is 13.1. The molecule has 1 N–H and O–H groups in total. The van der Waals surface area contributed by atoms with Crippen LogP contribution in [0.15, 0.2) is 23.2 Å². The Hall–Kier alpha value is -1.86. The number of benzene rings is 1. The minimum absolute atomic E-state index is 0.0235. The second-order valence-corrected chi connectivity index (χ2v) is 8.57. The Bertz CT molecular complexity index is 883. The molecule has 26 heavy (non-hydrogen) atoms. The first-order valence-corrected chi connectivity index (χ1v) is 10.3. The van der Waals surface area contributed by atoms with Crippen LogP contribution in [0.1, 0.15) is 28.9 Å². The van der Waals surface area contributed by atoms with Gasteiger partial charge in [0.25, 0.3) is 5.91 Å². The molecule has 136 valence electrons. The zero-order valence-electron chi connectivity index (χ0n) is 14.9. The molecule has 6 nitrogen and oxygen atoms in total. The highest BCUT2D eigenvalue weighted by molar-refractivity contribution is 8.14. The van der Waals surface area contributed by atoms with Crippen molar-refractivity contribution in [2.75, 3.05) is 39.0 Å². The fourth-order valence-electron chi connectivity index (χ4n) is 4.52. The molecule has 2 bridgehead atoms. The molecule has 4 aliphatic heterocycles. The zero-order chi connectivity index (χ0) is 17.7. The number of carbonyl (C=O) groups is 1. The summed E-state index contributed by atoms with van der Waals surface area (Å²) in [6.07, 6.45) is 2.40. The first-order chi connectivity index (χ1) is 12.7. The van der Waals surface area contributed by atoms with Crippen molar-refractivity contribution in [1.29, 1.82) is 0 Å². The molecule has 1 aromatic heterocycles. The van der Waals surface area contributed by atoms with Gasteiger partial charge in [-0.15, -0.1) is 11.8 Å². The van der Waals surface area contributed by atoms with Crippen LogP contribution in [-0.2, 0) is 0 Å².